The molecule has 0 bridgehead atoms. The zero-order valence-corrected chi connectivity index (χ0v) is 13.7. The Morgan fingerprint density at radius 1 is 0.957 bits per heavy atom. The largest absolute Gasteiger partial charge is 0.506 e. The molecule has 0 spiro atoms. The van der Waals surface area contributed by atoms with Crippen molar-refractivity contribution in [2.45, 2.75) is 27.2 Å². The highest BCUT2D eigenvalue weighted by molar-refractivity contribution is 5.95. The third-order valence-corrected chi connectivity index (χ3v) is 4.29. The van der Waals surface area contributed by atoms with Crippen molar-refractivity contribution in [1.29, 1.82) is 0 Å². The van der Waals surface area contributed by atoms with E-state index in [1.165, 1.54) is 16.7 Å². The van der Waals surface area contributed by atoms with Crippen LogP contribution in [0, 0.1) is 13.8 Å². The molecule has 3 rings (SSSR count). The van der Waals surface area contributed by atoms with Crippen LogP contribution in [-0.4, -0.2) is 5.11 Å². The summed E-state index contributed by atoms with van der Waals surface area (Å²) in [6.07, 6.45) is 0.968. The molecule has 3 heteroatoms. The number of aryl methyl sites for hydroxylation is 2. The van der Waals surface area contributed by atoms with E-state index in [0.717, 1.165) is 22.9 Å². The summed E-state index contributed by atoms with van der Waals surface area (Å²) in [6.45, 7) is 6.35. The Balaban J connectivity index is 2.07. The number of phenolic OH excluding ortho intramolecular Hbond substituents is 1. The van der Waals surface area contributed by atoms with Crippen LogP contribution in [-0.2, 0) is 6.42 Å². The van der Waals surface area contributed by atoms with Gasteiger partial charge in [0.15, 0.2) is 0 Å². The second-order valence-electron chi connectivity index (χ2n) is 5.75. The third kappa shape index (κ3) is 2.95. The van der Waals surface area contributed by atoms with E-state index >= 15 is 0 Å². The third-order valence-electron chi connectivity index (χ3n) is 4.29. The Labute approximate surface area is 136 Å². The van der Waals surface area contributed by atoms with Gasteiger partial charge in [-0.2, -0.15) is 5.11 Å². The predicted octanol–water partition coefficient (Wildman–Crippen LogP) is 6.14. The first-order chi connectivity index (χ1) is 11.1. The molecule has 0 aliphatic carbocycles. The number of aromatic hydroxyl groups is 1. The summed E-state index contributed by atoms with van der Waals surface area (Å²) in [7, 11) is 0. The Hall–Kier alpha value is -2.68. The minimum Gasteiger partial charge on any atom is -0.506 e. The van der Waals surface area contributed by atoms with Crippen LogP contribution in [0.5, 0.6) is 5.75 Å². The molecular formula is C20H20N2O. The van der Waals surface area contributed by atoms with E-state index in [1.54, 1.807) is 6.07 Å². The van der Waals surface area contributed by atoms with Crippen LogP contribution >= 0.6 is 0 Å². The van der Waals surface area contributed by atoms with Crippen molar-refractivity contribution in [2.75, 3.05) is 0 Å². The fourth-order valence-corrected chi connectivity index (χ4v) is 2.79. The molecule has 23 heavy (non-hydrogen) atoms. The smallest absolute Gasteiger partial charge is 0.143 e. The van der Waals surface area contributed by atoms with E-state index in [2.05, 4.69) is 37.1 Å². The first-order valence-electron chi connectivity index (χ1n) is 7.82. The van der Waals surface area contributed by atoms with Gasteiger partial charge < -0.3 is 5.11 Å². The average Bonchev–Trinajstić information content (AvgIpc) is 2.56. The Morgan fingerprint density at radius 2 is 1.74 bits per heavy atom. The van der Waals surface area contributed by atoms with Gasteiger partial charge in [-0.3, -0.25) is 0 Å². The van der Waals surface area contributed by atoms with Gasteiger partial charge in [0.1, 0.15) is 11.4 Å². The van der Waals surface area contributed by atoms with Gasteiger partial charge in [0.25, 0.3) is 0 Å². The van der Waals surface area contributed by atoms with E-state index in [9.17, 15) is 5.11 Å². The lowest BCUT2D eigenvalue weighted by molar-refractivity contribution is 0.477. The molecule has 0 atom stereocenters. The average molecular weight is 304 g/mol. The lowest BCUT2D eigenvalue weighted by Gasteiger charge is -2.08. The highest BCUT2D eigenvalue weighted by atomic mass is 16.3. The number of hydrogen-bond acceptors (Lipinski definition) is 3. The monoisotopic (exact) mass is 304 g/mol. The quantitative estimate of drug-likeness (QED) is 0.580. The Bertz CT molecular complexity index is 898. The van der Waals surface area contributed by atoms with E-state index in [-0.39, 0.29) is 5.75 Å². The summed E-state index contributed by atoms with van der Waals surface area (Å²) in [5.74, 6) is 0.145. The summed E-state index contributed by atoms with van der Waals surface area (Å²) in [5, 5.41) is 20.8. The molecule has 116 valence electrons. The van der Waals surface area contributed by atoms with Gasteiger partial charge in [-0.1, -0.05) is 37.3 Å². The van der Waals surface area contributed by atoms with Crippen LogP contribution in [0.1, 0.15) is 23.6 Å². The number of fused-ring (bicyclic) bond motifs is 1. The van der Waals surface area contributed by atoms with E-state index < -0.39 is 0 Å². The molecule has 0 aliphatic rings. The highest BCUT2D eigenvalue weighted by Crippen LogP contribution is 2.36. The number of hydrogen-bond donors (Lipinski definition) is 1. The summed E-state index contributed by atoms with van der Waals surface area (Å²) in [4.78, 5) is 0. The summed E-state index contributed by atoms with van der Waals surface area (Å²) >= 11 is 0. The number of azo groups is 1. The molecule has 0 radical (unpaired) electrons. The van der Waals surface area contributed by atoms with E-state index in [0.29, 0.717) is 5.69 Å². The van der Waals surface area contributed by atoms with Crippen LogP contribution < -0.4 is 0 Å². The molecule has 0 unspecified atom stereocenters. The topological polar surface area (TPSA) is 45.0 Å². The van der Waals surface area contributed by atoms with Gasteiger partial charge in [0.05, 0.1) is 5.69 Å². The Morgan fingerprint density at radius 3 is 2.52 bits per heavy atom. The molecule has 3 aromatic rings. The van der Waals surface area contributed by atoms with Crippen LogP contribution in [0.15, 0.2) is 58.8 Å². The van der Waals surface area contributed by atoms with E-state index in [1.807, 2.05) is 36.4 Å². The van der Waals surface area contributed by atoms with Crippen molar-refractivity contribution in [3.63, 3.8) is 0 Å². The Kier molecular flexibility index (Phi) is 4.11. The van der Waals surface area contributed by atoms with Gasteiger partial charge in [0, 0.05) is 5.39 Å². The molecule has 0 saturated carbocycles. The van der Waals surface area contributed by atoms with Crippen LogP contribution in [0.2, 0.25) is 0 Å². The molecule has 1 N–H and O–H groups in total. The first-order valence-corrected chi connectivity index (χ1v) is 7.82. The molecule has 0 aliphatic heterocycles. The normalized spacial score (nSPS) is 11.4. The fraction of sp³-hybridized carbons (Fsp3) is 0.200. The zero-order valence-electron chi connectivity index (χ0n) is 13.7. The van der Waals surface area contributed by atoms with Crippen molar-refractivity contribution in [2.24, 2.45) is 10.2 Å². The standard InChI is InChI=1S/C20H20N2O/c1-4-15-12-17(11-13(2)14(15)3)21-22-20-18-8-6-5-7-16(18)9-10-19(20)23/h5-12,23H,4H2,1-3H3/b22-21+. The maximum Gasteiger partial charge on any atom is 0.143 e. The molecule has 3 aromatic carbocycles. The lowest BCUT2D eigenvalue weighted by atomic mass is 10.0. The molecule has 0 aromatic heterocycles. The molecule has 3 nitrogen and oxygen atoms in total. The van der Waals surface area contributed by atoms with Crippen LogP contribution in [0.25, 0.3) is 10.8 Å². The molecular weight excluding hydrogens is 284 g/mol. The number of rotatable bonds is 3. The zero-order chi connectivity index (χ0) is 16.4. The van der Waals surface area contributed by atoms with Gasteiger partial charge in [-0.25, -0.2) is 0 Å². The summed E-state index contributed by atoms with van der Waals surface area (Å²) in [6, 6.07) is 15.5. The molecule has 0 fully saturated rings. The van der Waals surface area contributed by atoms with Gasteiger partial charge in [-0.05, 0) is 60.5 Å². The van der Waals surface area contributed by atoms with Crippen molar-refractivity contribution in [3.05, 3.63) is 65.2 Å². The van der Waals surface area contributed by atoms with Crippen molar-refractivity contribution in [3.8, 4) is 5.75 Å². The maximum absolute atomic E-state index is 10.1. The number of nitrogens with zero attached hydrogens (tertiary/aromatic N) is 2. The fourth-order valence-electron chi connectivity index (χ4n) is 2.79. The second kappa shape index (κ2) is 6.21. The molecule has 0 amide bonds. The molecule has 0 heterocycles. The van der Waals surface area contributed by atoms with E-state index in [4.69, 9.17) is 0 Å². The van der Waals surface area contributed by atoms with Gasteiger partial charge >= 0.3 is 0 Å². The number of benzene rings is 3. The highest BCUT2D eigenvalue weighted by Gasteiger charge is 2.07. The van der Waals surface area contributed by atoms with Crippen molar-refractivity contribution >= 4 is 22.1 Å². The van der Waals surface area contributed by atoms with Crippen LogP contribution in [0.4, 0.5) is 11.4 Å². The maximum atomic E-state index is 10.1. The minimum absolute atomic E-state index is 0.145. The first kappa shape index (κ1) is 15.2. The summed E-state index contributed by atoms with van der Waals surface area (Å²) < 4.78 is 0. The molecule has 0 saturated heterocycles. The predicted molar refractivity (Wildman–Crippen MR) is 95.1 cm³/mol. The van der Waals surface area contributed by atoms with Crippen LogP contribution in [0.3, 0.4) is 0 Å². The van der Waals surface area contributed by atoms with Crippen molar-refractivity contribution < 1.29 is 5.11 Å². The van der Waals surface area contributed by atoms with Crippen molar-refractivity contribution in [1.82, 2.24) is 0 Å². The number of phenols is 1. The second-order valence-corrected chi connectivity index (χ2v) is 5.75. The summed E-state index contributed by atoms with van der Waals surface area (Å²) in [5.41, 5.74) is 5.12. The van der Waals surface area contributed by atoms with Gasteiger partial charge in [0.2, 0.25) is 0 Å². The van der Waals surface area contributed by atoms with Gasteiger partial charge in [-0.15, -0.1) is 5.11 Å². The minimum atomic E-state index is 0.145. The SMILES string of the molecule is CCc1cc(/N=N/c2c(O)ccc3ccccc23)cc(C)c1C. The lowest BCUT2D eigenvalue weighted by Crippen LogP contribution is -1.89.